The van der Waals surface area contributed by atoms with Crippen LogP contribution in [0.1, 0.15) is 27.1 Å². The third-order valence-electron chi connectivity index (χ3n) is 6.44. The van der Waals surface area contributed by atoms with E-state index in [0.717, 1.165) is 9.80 Å². The van der Waals surface area contributed by atoms with E-state index in [1.165, 1.54) is 0 Å². The predicted molar refractivity (Wildman–Crippen MR) is 119 cm³/mol. The van der Waals surface area contributed by atoms with Crippen molar-refractivity contribution in [3.63, 3.8) is 0 Å². The van der Waals surface area contributed by atoms with Gasteiger partial charge in [0.1, 0.15) is 30.9 Å². The number of hydrogen-bond acceptors (Lipinski definition) is 9. The molecule has 4 amide bonds. The molecule has 11 nitrogen and oxygen atoms in total. The van der Waals surface area contributed by atoms with Gasteiger partial charge in [-0.05, 0) is 24.3 Å². The zero-order valence-electron chi connectivity index (χ0n) is 18.2. The summed E-state index contributed by atoms with van der Waals surface area (Å²) >= 11 is 0. The molecule has 0 aromatic heterocycles. The lowest BCUT2D eigenvalue weighted by Gasteiger charge is -2.21. The molecule has 0 bridgehead atoms. The number of ketones is 1. The highest BCUT2D eigenvalue weighted by Gasteiger charge is 2.55. The minimum Gasteiger partial charge on any atom is -0.486 e. The molecule has 1 N–H and O–H groups in total. The molecule has 0 aliphatic carbocycles. The van der Waals surface area contributed by atoms with Crippen molar-refractivity contribution in [1.29, 1.82) is 0 Å². The molecule has 2 aromatic carbocycles. The number of nitrogens with one attached hydrogen (secondary N) is 1. The van der Waals surface area contributed by atoms with Gasteiger partial charge in [-0.1, -0.05) is 12.1 Å². The van der Waals surface area contributed by atoms with Crippen LogP contribution in [0.4, 0.5) is 5.69 Å². The second-order valence-electron chi connectivity index (χ2n) is 8.40. The molecule has 0 spiro atoms. The molecule has 4 aliphatic heterocycles. The fourth-order valence-corrected chi connectivity index (χ4v) is 4.73. The van der Waals surface area contributed by atoms with Gasteiger partial charge in [0.25, 0.3) is 17.7 Å². The maximum absolute atomic E-state index is 13.2. The van der Waals surface area contributed by atoms with E-state index in [-0.39, 0.29) is 29.8 Å². The number of carbonyl (C=O) groups excluding carboxylic acids is 5. The summed E-state index contributed by atoms with van der Waals surface area (Å²) in [4.78, 5) is 66.3. The van der Waals surface area contributed by atoms with Crippen LogP contribution in [0.2, 0.25) is 0 Å². The Bertz CT molecular complexity index is 1330. The number of fused-ring (bicyclic) bond motifs is 3. The summed E-state index contributed by atoms with van der Waals surface area (Å²) in [5.74, 6) is -2.75. The van der Waals surface area contributed by atoms with Gasteiger partial charge in [-0.2, -0.15) is 5.10 Å². The monoisotopic (exact) mass is 474 g/mol. The number of amides is 4. The number of ether oxygens (including phenoxy) is 2. The van der Waals surface area contributed by atoms with Crippen LogP contribution in [0, 0.1) is 5.92 Å². The number of nitrogens with zero attached hydrogens (tertiary/aromatic N) is 3. The third-order valence-corrected chi connectivity index (χ3v) is 6.44. The van der Waals surface area contributed by atoms with Gasteiger partial charge < -0.3 is 9.47 Å². The van der Waals surface area contributed by atoms with E-state index < -0.39 is 41.4 Å². The largest absolute Gasteiger partial charge is 0.486 e. The number of hydrazone groups is 1. The zero-order chi connectivity index (χ0) is 24.3. The summed E-state index contributed by atoms with van der Waals surface area (Å²) in [7, 11) is 0. The molecule has 11 heteroatoms. The molecule has 4 heterocycles. The number of carbonyl (C=O) groups is 5. The first-order chi connectivity index (χ1) is 17.0. The van der Waals surface area contributed by atoms with Crippen molar-refractivity contribution >= 4 is 40.8 Å². The minimum atomic E-state index is -1.09. The lowest BCUT2D eigenvalue weighted by Crippen LogP contribution is -2.36. The van der Waals surface area contributed by atoms with E-state index in [4.69, 9.17) is 9.47 Å². The molecule has 2 atom stereocenters. The molecule has 0 unspecified atom stereocenters. The molecular weight excluding hydrogens is 456 g/mol. The highest BCUT2D eigenvalue weighted by molar-refractivity contribution is 6.48. The zero-order valence-corrected chi connectivity index (χ0v) is 18.2. The van der Waals surface area contributed by atoms with Crippen LogP contribution in [-0.4, -0.2) is 65.8 Å². The first-order valence-electron chi connectivity index (χ1n) is 11.0. The third kappa shape index (κ3) is 3.11. The maximum atomic E-state index is 13.2. The van der Waals surface area contributed by atoms with Crippen molar-refractivity contribution in [2.24, 2.45) is 11.0 Å². The number of imide groups is 2. The number of Topliss-reactive ketones (excluding diaryl/α,β-unsaturated/α-hetero) is 1. The van der Waals surface area contributed by atoms with Crippen LogP contribution in [0.15, 0.2) is 47.6 Å². The standard InChI is InChI=1S/C24H18N4O7/c29-15(7-8-27-21(30)13-3-1-2-4-14(13)22(27)31)19-18-20(26-25-19)24(33)28(23(18)32)12-5-6-16-17(11-12)35-10-9-34-16/h1-6,11,18,20,26H,7-10H2/t18-,20-/m0/s1. The summed E-state index contributed by atoms with van der Waals surface area (Å²) in [5.41, 5.74) is 3.39. The Labute approximate surface area is 198 Å². The number of rotatable bonds is 5. The van der Waals surface area contributed by atoms with E-state index in [1.807, 2.05) is 0 Å². The number of hydrogen-bond donors (Lipinski definition) is 1. The molecule has 35 heavy (non-hydrogen) atoms. The summed E-state index contributed by atoms with van der Waals surface area (Å²) < 4.78 is 11.0. The quantitative estimate of drug-likeness (QED) is 0.621. The lowest BCUT2D eigenvalue weighted by molar-refractivity contribution is -0.122. The smallest absolute Gasteiger partial charge is 0.261 e. The predicted octanol–water partition coefficient (Wildman–Crippen LogP) is 0.530. The van der Waals surface area contributed by atoms with Crippen molar-refractivity contribution < 1.29 is 33.4 Å². The second kappa shape index (κ2) is 7.76. The Morgan fingerprint density at radius 1 is 0.943 bits per heavy atom. The molecule has 0 saturated carbocycles. The summed E-state index contributed by atoms with van der Waals surface area (Å²) in [6.45, 7) is 0.601. The summed E-state index contributed by atoms with van der Waals surface area (Å²) in [6, 6.07) is 10.2. The molecular formula is C24H18N4O7. The topological polar surface area (TPSA) is 135 Å². The van der Waals surface area contributed by atoms with E-state index in [0.29, 0.717) is 30.4 Å². The average Bonchev–Trinajstić information content (AvgIpc) is 3.50. The minimum absolute atomic E-state index is 0.0926. The fourth-order valence-electron chi connectivity index (χ4n) is 4.73. The van der Waals surface area contributed by atoms with E-state index in [9.17, 15) is 24.0 Å². The Morgan fingerprint density at radius 3 is 2.34 bits per heavy atom. The van der Waals surface area contributed by atoms with Crippen molar-refractivity contribution in [2.45, 2.75) is 12.5 Å². The van der Waals surface area contributed by atoms with Gasteiger partial charge >= 0.3 is 0 Å². The Kier molecular flexibility index (Phi) is 4.66. The molecule has 4 aliphatic rings. The SMILES string of the molecule is O=C(CCN1C(=O)c2ccccc2C1=O)C1=NN[C@@H]2C(=O)N(c3ccc4c(c3)OCCO4)C(=O)[C@@H]12. The van der Waals surface area contributed by atoms with Gasteiger partial charge in [0, 0.05) is 19.0 Å². The molecule has 1 fully saturated rings. The fraction of sp³-hybridized carbons (Fsp3) is 0.250. The summed E-state index contributed by atoms with van der Waals surface area (Å²) in [6.07, 6.45) is -0.222. The van der Waals surface area contributed by atoms with Crippen LogP contribution >= 0.6 is 0 Å². The van der Waals surface area contributed by atoms with Gasteiger partial charge in [0.05, 0.1) is 16.8 Å². The Hall–Kier alpha value is -4.54. The number of benzene rings is 2. The number of anilines is 1. The first-order valence-corrected chi connectivity index (χ1v) is 11.0. The maximum Gasteiger partial charge on any atom is 0.261 e. The Balaban J connectivity index is 1.18. The Morgan fingerprint density at radius 2 is 1.63 bits per heavy atom. The van der Waals surface area contributed by atoms with Gasteiger partial charge in [-0.25, -0.2) is 4.90 Å². The first kappa shape index (κ1) is 21.0. The van der Waals surface area contributed by atoms with Gasteiger partial charge in [0.15, 0.2) is 17.3 Å². The second-order valence-corrected chi connectivity index (χ2v) is 8.40. The van der Waals surface area contributed by atoms with Crippen molar-refractivity contribution in [1.82, 2.24) is 10.3 Å². The molecule has 2 aromatic rings. The van der Waals surface area contributed by atoms with E-state index in [2.05, 4.69) is 10.5 Å². The van der Waals surface area contributed by atoms with Gasteiger partial charge in [-0.3, -0.25) is 34.3 Å². The van der Waals surface area contributed by atoms with Crippen molar-refractivity contribution in [3.8, 4) is 11.5 Å². The molecule has 0 radical (unpaired) electrons. The van der Waals surface area contributed by atoms with Crippen LogP contribution in [0.3, 0.4) is 0 Å². The van der Waals surface area contributed by atoms with Crippen molar-refractivity contribution in [2.75, 3.05) is 24.7 Å². The summed E-state index contributed by atoms with van der Waals surface area (Å²) in [5, 5.41) is 3.96. The van der Waals surface area contributed by atoms with Crippen LogP contribution in [-0.2, 0) is 14.4 Å². The highest BCUT2D eigenvalue weighted by atomic mass is 16.6. The molecule has 6 rings (SSSR count). The van der Waals surface area contributed by atoms with Crippen LogP contribution in [0.25, 0.3) is 0 Å². The average molecular weight is 474 g/mol. The van der Waals surface area contributed by atoms with E-state index >= 15 is 0 Å². The lowest BCUT2D eigenvalue weighted by atomic mass is 9.94. The van der Waals surface area contributed by atoms with Gasteiger partial charge in [-0.15, -0.1) is 0 Å². The van der Waals surface area contributed by atoms with Crippen molar-refractivity contribution in [3.05, 3.63) is 53.6 Å². The molecule has 176 valence electrons. The normalized spacial score (nSPS) is 22.2. The van der Waals surface area contributed by atoms with Crippen LogP contribution in [0.5, 0.6) is 11.5 Å². The van der Waals surface area contributed by atoms with E-state index in [1.54, 1.807) is 42.5 Å². The van der Waals surface area contributed by atoms with Crippen LogP contribution < -0.4 is 19.8 Å². The molecule has 1 saturated heterocycles. The highest BCUT2D eigenvalue weighted by Crippen LogP contribution is 2.37. The van der Waals surface area contributed by atoms with Gasteiger partial charge in [0.2, 0.25) is 5.91 Å².